The zero-order valence-electron chi connectivity index (χ0n) is 18.2. The zero-order chi connectivity index (χ0) is 20.8. The molecular formula is C21H36N4O2S. The Kier molecular flexibility index (Phi) is 7.75. The van der Waals surface area contributed by atoms with Gasteiger partial charge in [-0.1, -0.05) is 19.9 Å². The summed E-state index contributed by atoms with van der Waals surface area (Å²) in [6, 6.07) is 4.27. The highest BCUT2D eigenvalue weighted by Gasteiger charge is 2.28. The molecule has 0 radical (unpaired) electrons. The maximum Gasteiger partial charge on any atom is 0.410 e. The van der Waals surface area contributed by atoms with Crippen molar-refractivity contribution in [1.82, 2.24) is 15.5 Å². The number of hydrogen-bond donors (Lipinski definition) is 2. The molecule has 0 saturated carbocycles. The minimum Gasteiger partial charge on any atom is -0.444 e. The average molecular weight is 409 g/mol. The highest BCUT2D eigenvalue weighted by Crippen LogP contribution is 2.26. The number of carbonyl (C=O) groups is 1. The van der Waals surface area contributed by atoms with E-state index in [4.69, 9.17) is 4.74 Å². The predicted octanol–water partition coefficient (Wildman–Crippen LogP) is 3.84. The first-order valence-corrected chi connectivity index (χ1v) is 10.9. The van der Waals surface area contributed by atoms with Crippen LogP contribution in [0, 0.1) is 5.92 Å². The van der Waals surface area contributed by atoms with Crippen molar-refractivity contribution >= 4 is 23.4 Å². The summed E-state index contributed by atoms with van der Waals surface area (Å²) in [6.45, 7) is 13.3. The summed E-state index contributed by atoms with van der Waals surface area (Å²) in [7, 11) is 1.79. The van der Waals surface area contributed by atoms with Gasteiger partial charge in [0, 0.05) is 43.5 Å². The third-order valence-electron chi connectivity index (χ3n) is 4.84. The Bertz CT molecular complexity index is 650. The Balaban J connectivity index is 1.80. The molecule has 1 unspecified atom stereocenters. The van der Waals surface area contributed by atoms with Crippen molar-refractivity contribution in [3.63, 3.8) is 0 Å². The molecule has 1 fully saturated rings. The number of nitrogens with zero attached hydrogens (tertiary/aromatic N) is 2. The van der Waals surface area contributed by atoms with Crippen LogP contribution in [-0.2, 0) is 10.2 Å². The smallest absolute Gasteiger partial charge is 0.410 e. The van der Waals surface area contributed by atoms with Crippen molar-refractivity contribution in [3.05, 3.63) is 22.4 Å². The highest BCUT2D eigenvalue weighted by molar-refractivity contribution is 7.10. The molecule has 0 bridgehead atoms. The van der Waals surface area contributed by atoms with E-state index in [9.17, 15) is 4.79 Å². The first kappa shape index (κ1) is 22.5. The van der Waals surface area contributed by atoms with E-state index in [1.54, 1.807) is 18.4 Å². The van der Waals surface area contributed by atoms with Gasteiger partial charge in [0.25, 0.3) is 0 Å². The average Bonchev–Trinajstić information content (AvgIpc) is 3.16. The number of piperidine rings is 1. The van der Waals surface area contributed by atoms with Crippen LogP contribution in [0.5, 0.6) is 0 Å². The Labute approximate surface area is 173 Å². The summed E-state index contributed by atoms with van der Waals surface area (Å²) in [4.78, 5) is 19.9. The minimum absolute atomic E-state index is 0.0458. The lowest BCUT2D eigenvalue weighted by atomic mass is 9.91. The van der Waals surface area contributed by atoms with Crippen molar-refractivity contribution in [2.24, 2.45) is 10.9 Å². The van der Waals surface area contributed by atoms with Crippen molar-refractivity contribution < 1.29 is 9.53 Å². The summed E-state index contributed by atoms with van der Waals surface area (Å²) < 4.78 is 5.52. The summed E-state index contributed by atoms with van der Waals surface area (Å²) in [5.74, 6) is 1.20. The van der Waals surface area contributed by atoms with Gasteiger partial charge in [0.2, 0.25) is 0 Å². The lowest BCUT2D eigenvalue weighted by Crippen LogP contribution is -2.48. The van der Waals surface area contributed by atoms with E-state index in [1.807, 2.05) is 25.7 Å². The molecule has 1 aliphatic rings. The van der Waals surface area contributed by atoms with Crippen molar-refractivity contribution in [3.8, 4) is 0 Å². The Hall–Kier alpha value is -1.76. The van der Waals surface area contributed by atoms with E-state index in [2.05, 4.69) is 47.0 Å². The normalized spacial score (nSPS) is 18.7. The van der Waals surface area contributed by atoms with Crippen LogP contribution in [0.1, 0.15) is 52.3 Å². The van der Waals surface area contributed by atoms with E-state index in [-0.39, 0.29) is 11.5 Å². The first-order valence-electron chi connectivity index (χ1n) is 10.1. The van der Waals surface area contributed by atoms with Crippen LogP contribution in [0.25, 0.3) is 0 Å². The molecule has 1 amide bonds. The number of hydrogen-bond acceptors (Lipinski definition) is 4. The maximum absolute atomic E-state index is 12.3. The van der Waals surface area contributed by atoms with Gasteiger partial charge in [0.15, 0.2) is 5.96 Å². The third kappa shape index (κ3) is 7.00. The van der Waals surface area contributed by atoms with Crippen LogP contribution in [0.3, 0.4) is 0 Å². The molecule has 7 heteroatoms. The van der Waals surface area contributed by atoms with Gasteiger partial charge in [-0.25, -0.2) is 4.79 Å². The van der Waals surface area contributed by atoms with Crippen molar-refractivity contribution in [2.75, 3.05) is 33.2 Å². The molecule has 1 aliphatic heterocycles. The van der Waals surface area contributed by atoms with Gasteiger partial charge in [-0.15, -0.1) is 11.3 Å². The van der Waals surface area contributed by atoms with Gasteiger partial charge >= 0.3 is 6.09 Å². The number of guanidine groups is 1. The second-order valence-corrected chi connectivity index (χ2v) is 10.1. The number of rotatable bonds is 5. The number of likely N-dealkylation sites (tertiary alicyclic amines) is 1. The standard InChI is InChI=1S/C21H36N4O2S/c1-20(2,3)27-19(26)25-11-7-9-16(14-25)13-23-18(22-6)24-15-21(4,5)17-10-8-12-28-17/h8,10,12,16H,7,9,11,13-15H2,1-6H3,(H2,22,23,24). The SMILES string of the molecule is CN=C(NCC1CCCN(C(=O)OC(C)(C)C)C1)NCC(C)(C)c1cccs1. The molecule has 1 aromatic heterocycles. The molecule has 28 heavy (non-hydrogen) atoms. The maximum atomic E-state index is 12.3. The van der Waals surface area contributed by atoms with Gasteiger partial charge in [-0.05, 0) is 51.0 Å². The monoisotopic (exact) mass is 408 g/mol. The predicted molar refractivity (Wildman–Crippen MR) is 117 cm³/mol. The van der Waals surface area contributed by atoms with Crippen LogP contribution in [-0.4, -0.2) is 55.8 Å². The fourth-order valence-corrected chi connectivity index (χ4v) is 4.09. The summed E-state index contributed by atoms with van der Waals surface area (Å²) in [6.07, 6.45) is 1.89. The van der Waals surface area contributed by atoms with Crippen molar-refractivity contribution in [1.29, 1.82) is 0 Å². The fraction of sp³-hybridized carbons (Fsp3) is 0.714. The largest absolute Gasteiger partial charge is 0.444 e. The van der Waals surface area contributed by atoms with E-state index in [1.165, 1.54) is 4.88 Å². The van der Waals surface area contributed by atoms with Crippen LogP contribution in [0.15, 0.2) is 22.5 Å². The molecule has 2 heterocycles. The zero-order valence-corrected chi connectivity index (χ0v) is 19.0. The molecular weight excluding hydrogens is 372 g/mol. The van der Waals surface area contributed by atoms with Crippen molar-refractivity contribution in [2.45, 2.75) is 58.5 Å². The second-order valence-electron chi connectivity index (χ2n) is 9.10. The van der Waals surface area contributed by atoms with E-state index >= 15 is 0 Å². The summed E-state index contributed by atoms with van der Waals surface area (Å²) in [5.41, 5.74) is -0.409. The van der Waals surface area contributed by atoms with E-state index in [0.717, 1.165) is 45.0 Å². The fourth-order valence-electron chi connectivity index (χ4n) is 3.24. The molecule has 0 aliphatic carbocycles. The molecule has 2 rings (SSSR count). The third-order valence-corrected chi connectivity index (χ3v) is 6.07. The number of thiophene rings is 1. The summed E-state index contributed by atoms with van der Waals surface area (Å²) >= 11 is 1.78. The van der Waals surface area contributed by atoms with Crippen LogP contribution >= 0.6 is 11.3 Å². The minimum atomic E-state index is -0.455. The molecule has 2 N–H and O–H groups in total. The number of ether oxygens (including phenoxy) is 1. The van der Waals surface area contributed by atoms with Crippen LogP contribution in [0.2, 0.25) is 0 Å². The van der Waals surface area contributed by atoms with Gasteiger partial charge < -0.3 is 20.3 Å². The van der Waals surface area contributed by atoms with Gasteiger partial charge in [-0.3, -0.25) is 4.99 Å². The number of aliphatic imine (C=N–C) groups is 1. The van der Waals surface area contributed by atoms with Gasteiger partial charge in [-0.2, -0.15) is 0 Å². The number of amides is 1. The molecule has 1 aromatic rings. The number of nitrogens with one attached hydrogen (secondary N) is 2. The van der Waals surface area contributed by atoms with E-state index in [0.29, 0.717) is 5.92 Å². The van der Waals surface area contributed by atoms with Crippen LogP contribution in [0.4, 0.5) is 4.79 Å². The molecule has 1 atom stereocenters. The van der Waals surface area contributed by atoms with E-state index < -0.39 is 5.60 Å². The first-order chi connectivity index (χ1) is 13.1. The molecule has 0 spiro atoms. The summed E-state index contributed by atoms with van der Waals surface area (Å²) in [5, 5.41) is 8.99. The number of carbonyl (C=O) groups excluding carboxylic acids is 1. The highest BCUT2D eigenvalue weighted by atomic mass is 32.1. The van der Waals surface area contributed by atoms with Gasteiger partial charge in [0.1, 0.15) is 5.60 Å². The Morgan fingerprint density at radius 1 is 1.32 bits per heavy atom. The lowest BCUT2D eigenvalue weighted by Gasteiger charge is -2.34. The molecule has 1 saturated heterocycles. The quantitative estimate of drug-likeness (QED) is 0.574. The molecule has 158 valence electrons. The molecule has 0 aromatic carbocycles. The van der Waals surface area contributed by atoms with Gasteiger partial charge in [0.05, 0.1) is 0 Å². The second kappa shape index (κ2) is 9.63. The van der Waals surface area contributed by atoms with Crippen LogP contribution < -0.4 is 10.6 Å². The lowest BCUT2D eigenvalue weighted by molar-refractivity contribution is 0.0168. The Morgan fingerprint density at radius 3 is 2.68 bits per heavy atom. The topological polar surface area (TPSA) is 66.0 Å². The molecule has 6 nitrogen and oxygen atoms in total. The Morgan fingerprint density at radius 2 is 2.07 bits per heavy atom.